The van der Waals surface area contributed by atoms with Gasteiger partial charge in [0.05, 0.1) is 11.8 Å². The fraction of sp³-hybridized carbons (Fsp3) is 0.294. The van der Waals surface area contributed by atoms with Crippen LogP contribution < -0.4 is 4.90 Å². The second-order valence-corrected chi connectivity index (χ2v) is 4.89. The molecule has 0 aromatic heterocycles. The van der Waals surface area contributed by atoms with E-state index in [4.69, 9.17) is 0 Å². The van der Waals surface area contributed by atoms with E-state index in [-0.39, 0.29) is 5.82 Å². The molecule has 20 heavy (non-hydrogen) atoms. The Balaban J connectivity index is 2.23. The molecule has 0 amide bonds. The minimum Gasteiger partial charge on any atom is -0.389 e. The van der Waals surface area contributed by atoms with Gasteiger partial charge in [-0.05, 0) is 37.1 Å². The predicted molar refractivity (Wildman–Crippen MR) is 80.2 cm³/mol. The fourth-order valence-corrected chi connectivity index (χ4v) is 2.21. The summed E-state index contributed by atoms with van der Waals surface area (Å²) in [5.41, 5.74) is 2.32. The molecule has 2 nitrogen and oxygen atoms in total. The van der Waals surface area contributed by atoms with E-state index in [0.717, 1.165) is 12.1 Å². The Morgan fingerprint density at radius 3 is 2.40 bits per heavy atom. The highest BCUT2D eigenvalue weighted by Crippen LogP contribution is 2.24. The van der Waals surface area contributed by atoms with Crippen molar-refractivity contribution in [2.24, 2.45) is 0 Å². The lowest BCUT2D eigenvalue weighted by Gasteiger charge is -2.24. The van der Waals surface area contributed by atoms with E-state index in [2.05, 4.69) is 0 Å². The lowest BCUT2D eigenvalue weighted by molar-refractivity contribution is 0.199. The highest BCUT2D eigenvalue weighted by molar-refractivity contribution is 5.50. The molecular weight excluding hydrogens is 253 g/mol. The standard InChI is InChI=1S/C17H20FNO/c1-3-19(12-14-7-5-4-6-8-14)17-10-9-15(13(2)20)11-16(17)18/h4-11,13,20H,3,12H2,1-2H3/t13-/m1/s1. The quantitative estimate of drug-likeness (QED) is 0.893. The van der Waals surface area contributed by atoms with E-state index in [9.17, 15) is 9.50 Å². The summed E-state index contributed by atoms with van der Waals surface area (Å²) in [6.45, 7) is 5.03. The van der Waals surface area contributed by atoms with Crippen molar-refractivity contribution < 1.29 is 9.50 Å². The molecule has 2 aromatic rings. The van der Waals surface area contributed by atoms with Crippen molar-refractivity contribution in [2.75, 3.05) is 11.4 Å². The molecule has 0 unspecified atom stereocenters. The topological polar surface area (TPSA) is 23.5 Å². The predicted octanol–water partition coefficient (Wildman–Crippen LogP) is 3.91. The number of hydrogen-bond donors (Lipinski definition) is 1. The van der Waals surface area contributed by atoms with Crippen molar-refractivity contribution in [3.05, 3.63) is 65.5 Å². The van der Waals surface area contributed by atoms with Gasteiger partial charge in [-0.15, -0.1) is 0 Å². The minimum atomic E-state index is -0.650. The second kappa shape index (κ2) is 6.53. The largest absolute Gasteiger partial charge is 0.389 e. The van der Waals surface area contributed by atoms with Gasteiger partial charge in [0.25, 0.3) is 0 Å². The van der Waals surface area contributed by atoms with Crippen molar-refractivity contribution in [1.29, 1.82) is 0 Å². The highest BCUT2D eigenvalue weighted by atomic mass is 19.1. The number of aliphatic hydroxyl groups is 1. The maximum Gasteiger partial charge on any atom is 0.146 e. The van der Waals surface area contributed by atoms with Crippen LogP contribution >= 0.6 is 0 Å². The molecule has 1 N–H and O–H groups in total. The Morgan fingerprint density at radius 2 is 1.85 bits per heavy atom. The Bertz CT molecular complexity index is 554. The van der Waals surface area contributed by atoms with Crippen LogP contribution in [0.5, 0.6) is 0 Å². The molecule has 0 aliphatic rings. The van der Waals surface area contributed by atoms with Crippen LogP contribution in [0.25, 0.3) is 0 Å². The molecule has 0 radical (unpaired) electrons. The third-order valence-electron chi connectivity index (χ3n) is 3.39. The first-order chi connectivity index (χ1) is 9.61. The molecule has 0 spiro atoms. The van der Waals surface area contributed by atoms with Gasteiger partial charge in [-0.1, -0.05) is 36.4 Å². The highest BCUT2D eigenvalue weighted by Gasteiger charge is 2.12. The van der Waals surface area contributed by atoms with Crippen LogP contribution in [0.2, 0.25) is 0 Å². The van der Waals surface area contributed by atoms with Crippen molar-refractivity contribution in [1.82, 2.24) is 0 Å². The first kappa shape index (κ1) is 14.5. The van der Waals surface area contributed by atoms with Crippen molar-refractivity contribution >= 4 is 5.69 Å². The minimum absolute atomic E-state index is 0.291. The average molecular weight is 273 g/mol. The molecule has 0 heterocycles. The number of halogens is 1. The maximum atomic E-state index is 14.2. The Labute approximate surface area is 119 Å². The van der Waals surface area contributed by atoms with Gasteiger partial charge in [-0.25, -0.2) is 4.39 Å². The van der Waals surface area contributed by atoms with E-state index in [1.807, 2.05) is 42.2 Å². The van der Waals surface area contributed by atoms with Gasteiger partial charge < -0.3 is 10.0 Å². The van der Waals surface area contributed by atoms with Crippen molar-refractivity contribution in [3.63, 3.8) is 0 Å². The Hall–Kier alpha value is -1.87. The molecule has 0 saturated heterocycles. The molecular formula is C17H20FNO. The molecule has 2 rings (SSSR count). The molecule has 0 aliphatic carbocycles. The van der Waals surface area contributed by atoms with Crippen LogP contribution in [0.1, 0.15) is 31.1 Å². The van der Waals surface area contributed by atoms with Gasteiger partial charge in [0.1, 0.15) is 5.82 Å². The van der Waals surface area contributed by atoms with Crippen molar-refractivity contribution in [2.45, 2.75) is 26.5 Å². The molecule has 2 aromatic carbocycles. The summed E-state index contributed by atoms with van der Waals surface area (Å²) in [5.74, 6) is -0.291. The molecule has 3 heteroatoms. The molecule has 1 atom stereocenters. The third-order valence-corrected chi connectivity index (χ3v) is 3.39. The van der Waals surface area contributed by atoms with E-state index in [0.29, 0.717) is 17.8 Å². The first-order valence-corrected chi connectivity index (χ1v) is 6.88. The summed E-state index contributed by atoms with van der Waals surface area (Å²) in [5, 5.41) is 9.49. The fourth-order valence-electron chi connectivity index (χ4n) is 2.21. The molecule has 0 bridgehead atoms. The van der Waals surface area contributed by atoms with Crippen LogP contribution in [0.4, 0.5) is 10.1 Å². The summed E-state index contributed by atoms with van der Waals surface area (Å²) in [4.78, 5) is 1.98. The van der Waals surface area contributed by atoms with Crippen molar-refractivity contribution in [3.8, 4) is 0 Å². The van der Waals surface area contributed by atoms with Crippen LogP contribution in [0, 0.1) is 5.82 Å². The Morgan fingerprint density at radius 1 is 1.15 bits per heavy atom. The zero-order valence-electron chi connectivity index (χ0n) is 11.9. The molecule has 0 fully saturated rings. The number of anilines is 1. The molecule has 0 saturated carbocycles. The monoisotopic (exact) mass is 273 g/mol. The van der Waals surface area contributed by atoms with E-state index in [1.54, 1.807) is 19.1 Å². The number of aliphatic hydroxyl groups excluding tert-OH is 1. The van der Waals surface area contributed by atoms with Crippen LogP contribution in [0.15, 0.2) is 48.5 Å². The second-order valence-electron chi connectivity index (χ2n) is 4.89. The van der Waals surface area contributed by atoms with E-state index >= 15 is 0 Å². The summed E-state index contributed by atoms with van der Waals surface area (Å²) in [7, 11) is 0. The smallest absolute Gasteiger partial charge is 0.146 e. The van der Waals surface area contributed by atoms with Gasteiger partial charge in [0, 0.05) is 13.1 Å². The molecule has 0 aliphatic heterocycles. The first-order valence-electron chi connectivity index (χ1n) is 6.88. The van der Waals surface area contributed by atoms with Crippen LogP contribution in [0.3, 0.4) is 0 Å². The van der Waals surface area contributed by atoms with E-state index < -0.39 is 6.10 Å². The zero-order chi connectivity index (χ0) is 14.5. The SMILES string of the molecule is CCN(Cc1ccccc1)c1ccc([C@@H](C)O)cc1F. The molecule has 106 valence electrons. The third kappa shape index (κ3) is 3.36. The summed E-state index contributed by atoms with van der Waals surface area (Å²) < 4.78 is 14.2. The zero-order valence-corrected chi connectivity index (χ0v) is 11.9. The summed E-state index contributed by atoms with van der Waals surface area (Å²) >= 11 is 0. The van der Waals surface area contributed by atoms with Gasteiger partial charge in [-0.3, -0.25) is 0 Å². The Kier molecular flexibility index (Phi) is 4.74. The number of hydrogen-bond acceptors (Lipinski definition) is 2. The van der Waals surface area contributed by atoms with Crippen LogP contribution in [-0.4, -0.2) is 11.7 Å². The van der Waals surface area contributed by atoms with E-state index in [1.165, 1.54) is 6.07 Å². The number of benzene rings is 2. The lowest BCUT2D eigenvalue weighted by atomic mass is 10.1. The summed E-state index contributed by atoms with van der Waals surface area (Å²) in [6.07, 6.45) is -0.650. The number of nitrogens with zero attached hydrogens (tertiary/aromatic N) is 1. The maximum absolute atomic E-state index is 14.2. The normalized spacial score (nSPS) is 12.2. The average Bonchev–Trinajstić information content (AvgIpc) is 2.46. The summed E-state index contributed by atoms with van der Waals surface area (Å²) in [6, 6.07) is 14.9. The lowest BCUT2D eigenvalue weighted by Crippen LogP contribution is -2.23. The van der Waals surface area contributed by atoms with Crippen LogP contribution in [-0.2, 0) is 6.54 Å². The van der Waals surface area contributed by atoms with Gasteiger partial charge in [0.15, 0.2) is 0 Å². The van der Waals surface area contributed by atoms with Gasteiger partial charge >= 0.3 is 0 Å². The van der Waals surface area contributed by atoms with Gasteiger partial charge in [0.2, 0.25) is 0 Å². The number of rotatable bonds is 5. The van der Waals surface area contributed by atoms with Gasteiger partial charge in [-0.2, -0.15) is 0 Å².